The zero-order valence-corrected chi connectivity index (χ0v) is 11.8. The zero-order valence-electron chi connectivity index (χ0n) is 10.2. The summed E-state index contributed by atoms with van der Waals surface area (Å²) in [5.74, 6) is 0.676. The number of hydrogen-bond acceptors (Lipinski definition) is 6. The first kappa shape index (κ1) is 12.8. The minimum atomic E-state index is -3.54. The molecule has 2 heterocycles. The molecule has 6 nitrogen and oxygen atoms in total. The molecule has 1 saturated carbocycles. The number of nitrogens with one attached hydrogen (secondary N) is 1. The predicted octanol–water partition coefficient (Wildman–Crippen LogP) is 1.31. The van der Waals surface area contributed by atoms with Crippen LogP contribution < -0.4 is 10.5 Å². The average Bonchev–Trinajstić information content (AvgIpc) is 2.74. The van der Waals surface area contributed by atoms with E-state index < -0.39 is 14.8 Å². The normalized spacial score (nSPS) is 18.2. The second-order valence-corrected chi connectivity index (χ2v) is 7.66. The molecule has 0 saturated heterocycles. The van der Waals surface area contributed by atoms with Crippen LogP contribution in [0.15, 0.2) is 17.8 Å². The van der Waals surface area contributed by atoms with Crippen molar-refractivity contribution in [2.24, 2.45) is 5.14 Å². The van der Waals surface area contributed by atoms with E-state index in [4.69, 9.17) is 5.14 Å². The number of thiophene rings is 1. The molecule has 2 aromatic rings. The van der Waals surface area contributed by atoms with Crippen molar-refractivity contribution in [1.82, 2.24) is 9.97 Å². The van der Waals surface area contributed by atoms with Gasteiger partial charge in [0, 0.05) is 6.54 Å². The lowest BCUT2D eigenvalue weighted by molar-refractivity contribution is 0.351. The van der Waals surface area contributed by atoms with Gasteiger partial charge in [-0.1, -0.05) is 6.42 Å². The van der Waals surface area contributed by atoms with Crippen molar-refractivity contribution >= 4 is 37.4 Å². The maximum absolute atomic E-state index is 11.7. The molecule has 0 aromatic carbocycles. The van der Waals surface area contributed by atoms with E-state index in [0.29, 0.717) is 25.2 Å². The van der Waals surface area contributed by atoms with Gasteiger partial charge in [0.05, 0.1) is 10.2 Å². The molecule has 2 aromatic heterocycles. The first-order valence-electron chi connectivity index (χ1n) is 5.96. The summed E-state index contributed by atoms with van der Waals surface area (Å²) in [4.78, 5) is 8.32. The van der Waals surface area contributed by atoms with Crippen LogP contribution in [0.2, 0.25) is 0 Å². The number of nitrogens with zero attached hydrogens (tertiary/aromatic N) is 2. The van der Waals surface area contributed by atoms with Crippen LogP contribution in [-0.4, -0.2) is 29.7 Å². The van der Waals surface area contributed by atoms with Gasteiger partial charge in [-0.3, -0.25) is 0 Å². The van der Waals surface area contributed by atoms with Crippen LogP contribution in [0.4, 0.5) is 5.82 Å². The second-order valence-electron chi connectivity index (χ2n) is 4.79. The lowest BCUT2D eigenvalue weighted by Crippen LogP contribution is -2.53. The van der Waals surface area contributed by atoms with Crippen LogP contribution in [0, 0.1) is 0 Å². The van der Waals surface area contributed by atoms with Gasteiger partial charge in [0.25, 0.3) is 0 Å². The monoisotopic (exact) mass is 298 g/mol. The van der Waals surface area contributed by atoms with E-state index >= 15 is 0 Å². The Bertz CT molecular complexity index is 706. The Balaban J connectivity index is 1.85. The van der Waals surface area contributed by atoms with Crippen LogP contribution in [0.25, 0.3) is 10.2 Å². The van der Waals surface area contributed by atoms with Crippen LogP contribution in [-0.2, 0) is 10.0 Å². The topological polar surface area (TPSA) is 98.0 Å². The van der Waals surface area contributed by atoms with Crippen LogP contribution in [0.1, 0.15) is 19.3 Å². The van der Waals surface area contributed by atoms with E-state index in [1.54, 1.807) is 0 Å². The van der Waals surface area contributed by atoms with Crippen molar-refractivity contribution in [2.75, 3.05) is 11.9 Å². The standard InChI is InChI=1S/C11H14N4O2S2/c12-19(16,17)11(3-1-4-11)6-13-10-9-8(2-5-18-9)14-7-15-10/h2,5,7H,1,3-4,6H2,(H2,12,16,17)(H,13,14,15). The predicted molar refractivity (Wildman–Crippen MR) is 75.6 cm³/mol. The molecule has 3 N–H and O–H groups in total. The molecular formula is C11H14N4O2S2. The molecule has 1 aliphatic carbocycles. The Morgan fingerprint density at radius 3 is 2.84 bits per heavy atom. The maximum atomic E-state index is 11.7. The summed E-state index contributed by atoms with van der Waals surface area (Å²) in [5.41, 5.74) is 0.862. The average molecular weight is 298 g/mol. The van der Waals surface area contributed by atoms with Crippen molar-refractivity contribution < 1.29 is 8.42 Å². The van der Waals surface area contributed by atoms with Gasteiger partial charge in [-0.05, 0) is 24.3 Å². The van der Waals surface area contributed by atoms with Gasteiger partial charge in [0.2, 0.25) is 10.0 Å². The van der Waals surface area contributed by atoms with Crippen molar-refractivity contribution in [3.63, 3.8) is 0 Å². The largest absolute Gasteiger partial charge is 0.367 e. The summed E-state index contributed by atoms with van der Waals surface area (Å²) in [6.07, 6.45) is 3.59. The van der Waals surface area contributed by atoms with Crippen molar-refractivity contribution in [1.29, 1.82) is 0 Å². The minimum absolute atomic E-state index is 0.301. The highest BCUT2D eigenvalue weighted by Gasteiger charge is 2.47. The van der Waals surface area contributed by atoms with E-state index in [9.17, 15) is 8.42 Å². The molecule has 1 aliphatic rings. The highest BCUT2D eigenvalue weighted by molar-refractivity contribution is 7.90. The van der Waals surface area contributed by atoms with Crippen molar-refractivity contribution in [3.05, 3.63) is 17.8 Å². The molecule has 102 valence electrons. The quantitative estimate of drug-likeness (QED) is 0.887. The third kappa shape index (κ3) is 2.09. The lowest BCUT2D eigenvalue weighted by atomic mass is 9.84. The van der Waals surface area contributed by atoms with Crippen molar-refractivity contribution in [3.8, 4) is 0 Å². The first-order chi connectivity index (χ1) is 9.02. The number of sulfonamides is 1. The van der Waals surface area contributed by atoms with Gasteiger partial charge >= 0.3 is 0 Å². The fraction of sp³-hybridized carbons (Fsp3) is 0.455. The number of rotatable bonds is 4. The molecule has 0 amide bonds. The number of fused-ring (bicyclic) bond motifs is 1. The second kappa shape index (κ2) is 4.39. The van der Waals surface area contributed by atoms with E-state index in [0.717, 1.165) is 16.6 Å². The van der Waals surface area contributed by atoms with Gasteiger partial charge < -0.3 is 5.32 Å². The summed E-state index contributed by atoms with van der Waals surface area (Å²) >= 11 is 1.53. The Kier molecular flexibility index (Phi) is 2.95. The molecule has 3 rings (SSSR count). The van der Waals surface area contributed by atoms with Crippen LogP contribution >= 0.6 is 11.3 Å². The van der Waals surface area contributed by atoms with Gasteiger partial charge in [-0.2, -0.15) is 0 Å². The van der Waals surface area contributed by atoms with Gasteiger partial charge in [-0.25, -0.2) is 23.5 Å². The highest BCUT2D eigenvalue weighted by atomic mass is 32.2. The first-order valence-corrected chi connectivity index (χ1v) is 8.39. The van der Waals surface area contributed by atoms with E-state index in [1.165, 1.54) is 17.7 Å². The molecular weight excluding hydrogens is 284 g/mol. The Hall–Kier alpha value is -1.25. The molecule has 0 spiro atoms. The van der Waals surface area contributed by atoms with E-state index in [2.05, 4.69) is 15.3 Å². The summed E-state index contributed by atoms with van der Waals surface area (Å²) in [6.45, 7) is 0.301. The van der Waals surface area contributed by atoms with Gasteiger partial charge in [0.15, 0.2) is 0 Å². The Labute approximate surface area is 115 Å². The summed E-state index contributed by atoms with van der Waals surface area (Å²) in [6, 6.07) is 1.91. The third-order valence-electron chi connectivity index (χ3n) is 3.69. The number of hydrogen-bond donors (Lipinski definition) is 2. The maximum Gasteiger partial charge on any atom is 0.216 e. The SMILES string of the molecule is NS(=O)(=O)C1(CNc2ncnc3ccsc23)CCC1. The molecule has 8 heteroatoms. The van der Waals surface area contributed by atoms with Crippen LogP contribution in [0.3, 0.4) is 0 Å². The highest BCUT2D eigenvalue weighted by Crippen LogP contribution is 2.38. The molecule has 0 atom stereocenters. The number of nitrogens with two attached hydrogens (primary N) is 1. The van der Waals surface area contributed by atoms with Crippen LogP contribution in [0.5, 0.6) is 0 Å². The van der Waals surface area contributed by atoms with Crippen molar-refractivity contribution in [2.45, 2.75) is 24.0 Å². The van der Waals surface area contributed by atoms with E-state index in [1.807, 2.05) is 11.4 Å². The lowest BCUT2D eigenvalue weighted by Gasteiger charge is -2.39. The fourth-order valence-electron chi connectivity index (χ4n) is 2.29. The molecule has 0 radical (unpaired) electrons. The number of anilines is 1. The Morgan fingerprint density at radius 2 is 2.21 bits per heavy atom. The third-order valence-corrected chi connectivity index (χ3v) is 6.36. The molecule has 19 heavy (non-hydrogen) atoms. The molecule has 0 unspecified atom stereocenters. The molecule has 0 bridgehead atoms. The Morgan fingerprint density at radius 1 is 1.42 bits per heavy atom. The molecule has 0 aliphatic heterocycles. The summed E-state index contributed by atoms with van der Waals surface area (Å²) < 4.78 is 23.5. The molecule has 1 fully saturated rings. The smallest absolute Gasteiger partial charge is 0.216 e. The van der Waals surface area contributed by atoms with E-state index in [-0.39, 0.29) is 0 Å². The number of aromatic nitrogens is 2. The summed E-state index contributed by atoms with van der Waals surface area (Å²) in [5, 5.41) is 10.4. The van der Waals surface area contributed by atoms with Gasteiger partial charge in [-0.15, -0.1) is 11.3 Å². The fourth-order valence-corrected chi connectivity index (χ4v) is 4.23. The van der Waals surface area contributed by atoms with Gasteiger partial charge in [0.1, 0.15) is 16.9 Å². The number of primary sulfonamides is 1. The minimum Gasteiger partial charge on any atom is -0.367 e. The summed E-state index contributed by atoms with van der Waals surface area (Å²) in [7, 11) is -3.54. The zero-order chi connectivity index (χ0) is 13.5.